The molecule has 0 aliphatic heterocycles. The Hall–Kier alpha value is -3.02. The first-order valence-corrected chi connectivity index (χ1v) is 9.28. The maximum Gasteiger partial charge on any atom is 0.339 e. The third-order valence-corrected chi connectivity index (χ3v) is 4.37. The van der Waals surface area contributed by atoms with Crippen LogP contribution in [0.4, 0.5) is 0 Å². The van der Waals surface area contributed by atoms with Crippen molar-refractivity contribution in [1.29, 1.82) is 0 Å². The molecule has 0 fully saturated rings. The summed E-state index contributed by atoms with van der Waals surface area (Å²) in [7, 11) is 3.00. The van der Waals surface area contributed by atoms with Crippen LogP contribution < -0.4 is 14.8 Å². The summed E-state index contributed by atoms with van der Waals surface area (Å²) >= 11 is 0. The minimum Gasteiger partial charge on any atom is -0.493 e. The van der Waals surface area contributed by atoms with Crippen LogP contribution in [-0.4, -0.2) is 32.2 Å². The van der Waals surface area contributed by atoms with Gasteiger partial charge in [-0.05, 0) is 37.1 Å². The van der Waals surface area contributed by atoms with Crippen molar-refractivity contribution in [2.45, 2.75) is 38.8 Å². The van der Waals surface area contributed by atoms with E-state index < -0.39 is 12.1 Å². The van der Waals surface area contributed by atoms with Crippen molar-refractivity contribution in [1.82, 2.24) is 5.32 Å². The highest BCUT2D eigenvalue weighted by Crippen LogP contribution is 2.28. The predicted molar refractivity (Wildman–Crippen MR) is 107 cm³/mol. The van der Waals surface area contributed by atoms with E-state index in [9.17, 15) is 9.59 Å². The first kappa shape index (κ1) is 21.3. The number of esters is 1. The molecular formula is C22H27NO5. The highest BCUT2D eigenvalue weighted by atomic mass is 16.5. The second kappa shape index (κ2) is 10.3. The van der Waals surface area contributed by atoms with Gasteiger partial charge in [-0.2, -0.15) is 0 Å². The zero-order chi connectivity index (χ0) is 20.5. The van der Waals surface area contributed by atoms with Crippen molar-refractivity contribution < 1.29 is 23.8 Å². The minimum absolute atomic E-state index is 0.124. The Balaban J connectivity index is 2.03. The summed E-state index contributed by atoms with van der Waals surface area (Å²) < 4.78 is 15.7. The normalized spacial score (nSPS) is 12.6. The van der Waals surface area contributed by atoms with Gasteiger partial charge in [0.05, 0.1) is 25.8 Å². The van der Waals surface area contributed by atoms with Gasteiger partial charge in [0.25, 0.3) is 5.91 Å². The smallest absolute Gasteiger partial charge is 0.339 e. The highest BCUT2D eigenvalue weighted by Gasteiger charge is 2.23. The summed E-state index contributed by atoms with van der Waals surface area (Å²) in [6.07, 6.45) is 0.787. The minimum atomic E-state index is -0.927. The standard InChI is InChI=1S/C22H27NO5/c1-5-9-18(16-10-7-6-8-11-16)23-21(24)15(2)28-22(25)17-12-13-19(26-3)20(14-17)27-4/h6-8,10-15,18H,5,9H2,1-4H3,(H,23,24). The molecule has 0 saturated carbocycles. The molecule has 2 aromatic carbocycles. The fraction of sp³-hybridized carbons (Fsp3) is 0.364. The Bertz CT molecular complexity index is 791. The predicted octanol–water partition coefficient (Wildman–Crippen LogP) is 3.91. The maximum absolute atomic E-state index is 12.6. The van der Waals surface area contributed by atoms with Gasteiger partial charge in [-0.1, -0.05) is 43.7 Å². The van der Waals surface area contributed by atoms with E-state index in [0.29, 0.717) is 11.5 Å². The van der Waals surface area contributed by atoms with Crippen LogP contribution >= 0.6 is 0 Å². The molecule has 0 spiro atoms. The SMILES string of the molecule is CCCC(NC(=O)C(C)OC(=O)c1ccc(OC)c(OC)c1)c1ccccc1. The molecule has 6 heteroatoms. The lowest BCUT2D eigenvalue weighted by atomic mass is 10.0. The van der Waals surface area contributed by atoms with Crippen molar-refractivity contribution >= 4 is 11.9 Å². The summed E-state index contributed by atoms with van der Waals surface area (Å²) in [4.78, 5) is 25.0. The Kier molecular flexibility index (Phi) is 7.87. The van der Waals surface area contributed by atoms with Crippen molar-refractivity contribution in [3.8, 4) is 11.5 Å². The molecule has 0 saturated heterocycles. The van der Waals surface area contributed by atoms with Gasteiger partial charge in [-0.25, -0.2) is 4.79 Å². The number of methoxy groups -OCH3 is 2. The van der Waals surface area contributed by atoms with Crippen LogP contribution in [0, 0.1) is 0 Å². The number of nitrogens with one attached hydrogen (secondary N) is 1. The molecule has 1 amide bonds. The molecule has 2 unspecified atom stereocenters. The Morgan fingerprint density at radius 1 is 1.00 bits per heavy atom. The van der Waals surface area contributed by atoms with E-state index in [1.165, 1.54) is 20.3 Å². The van der Waals surface area contributed by atoms with Crippen molar-refractivity contribution in [3.63, 3.8) is 0 Å². The highest BCUT2D eigenvalue weighted by molar-refractivity contribution is 5.93. The molecule has 2 rings (SSSR count). The molecule has 6 nitrogen and oxygen atoms in total. The van der Waals surface area contributed by atoms with Gasteiger partial charge in [-0.3, -0.25) is 4.79 Å². The van der Waals surface area contributed by atoms with Crippen LogP contribution in [0.5, 0.6) is 11.5 Å². The number of benzene rings is 2. The lowest BCUT2D eigenvalue weighted by molar-refractivity contribution is -0.129. The van der Waals surface area contributed by atoms with Crippen LogP contribution in [0.2, 0.25) is 0 Å². The molecule has 0 aliphatic carbocycles. The summed E-state index contributed by atoms with van der Waals surface area (Å²) in [6.45, 7) is 3.62. The van der Waals surface area contributed by atoms with Crippen LogP contribution in [0.1, 0.15) is 48.7 Å². The second-order valence-corrected chi connectivity index (χ2v) is 6.38. The van der Waals surface area contributed by atoms with Crippen LogP contribution in [0.25, 0.3) is 0 Å². The molecular weight excluding hydrogens is 358 g/mol. The fourth-order valence-electron chi connectivity index (χ4n) is 2.83. The van der Waals surface area contributed by atoms with Gasteiger partial charge in [0, 0.05) is 0 Å². The summed E-state index contributed by atoms with van der Waals surface area (Å²) in [5, 5.41) is 2.97. The van der Waals surface area contributed by atoms with Crippen molar-refractivity contribution in [2.75, 3.05) is 14.2 Å². The number of carbonyl (C=O) groups excluding carboxylic acids is 2. The van der Waals surface area contributed by atoms with E-state index in [4.69, 9.17) is 14.2 Å². The van der Waals surface area contributed by atoms with E-state index in [2.05, 4.69) is 12.2 Å². The van der Waals surface area contributed by atoms with E-state index in [1.54, 1.807) is 19.1 Å². The number of amides is 1. The molecule has 150 valence electrons. The molecule has 0 aliphatic rings. The lowest BCUT2D eigenvalue weighted by Gasteiger charge is -2.21. The number of ether oxygens (including phenoxy) is 3. The van der Waals surface area contributed by atoms with Crippen molar-refractivity contribution in [2.24, 2.45) is 0 Å². The largest absolute Gasteiger partial charge is 0.493 e. The first-order valence-electron chi connectivity index (χ1n) is 9.28. The van der Waals surface area contributed by atoms with E-state index in [1.807, 2.05) is 30.3 Å². The third-order valence-electron chi connectivity index (χ3n) is 4.37. The molecule has 1 N–H and O–H groups in total. The molecule has 2 aromatic rings. The second-order valence-electron chi connectivity index (χ2n) is 6.38. The number of hydrogen-bond acceptors (Lipinski definition) is 5. The third kappa shape index (κ3) is 5.49. The first-order chi connectivity index (χ1) is 13.5. The summed E-state index contributed by atoms with van der Waals surface area (Å²) in [5.41, 5.74) is 1.31. The van der Waals surface area contributed by atoms with Gasteiger partial charge in [0.1, 0.15) is 0 Å². The summed E-state index contributed by atoms with van der Waals surface area (Å²) in [5.74, 6) is -0.0114. The Labute approximate surface area is 165 Å². The number of rotatable bonds is 9. The molecule has 0 bridgehead atoms. The van der Waals surface area contributed by atoms with Crippen LogP contribution in [0.15, 0.2) is 48.5 Å². The Morgan fingerprint density at radius 2 is 1.68 bits per heavy atom. The molecule has 0 heterocycles. The van der Waals surface area contributed by atoms with Crippen LogP contribution in [-0.2, 0) is 9.53 Å². The number of carbonyl (C=O) groups is 2. The zero-order valence-corrected chi connectivity index (χ0v) is 16.7. The number of hydrogen-bond donors (Lipinski definition) is 1. The molecule has 2 atom stereocenters. The quantitative estimate of drug-likeness (QED) is 0.663. The molecule has 0 aromatic heterocycles. The van der Waals surface area contributed by atoms with Gasteiger partial charge in [-0.15, -0.1) is 0 Å². The zero-order valence-electron chi connectivity index (χ0n) is 16.7. The monoisotopic (exact) mass is 385 g/mol. The fourth-order valence-corrected chi connectivity index (χ4v) is 2.83. The molecule has 0 radical (unpaired) electrons. The Morgan fingerprint density at radius 3 is 2.29 bits per heavy atom. The van der Waals surface area contributed by atoms with E-state index in [-0.39, 0.29) is 17.5 Å². The van der Waals surface area contributed by atoms with Gasteiger partial charge in [0.2, 0.25) is 0 Å². The van der Waals surface area contributed by atoms with Gasteiger partial charge >= 0.3 is 5.97 Å². The average Bonchev–Trinajstić information content (AvgIpc) is 2.73. The molecule has 28 heavy (non-hydrogen) atoms. The maximum atomic E-state index is 12.6. The summed E-state index contributed by atoms with van der Waals surface area (Å²) in [6, 6.07) is 14.3. The van der Waals surface area contributed by atoms with Gasteiger partial charge in [0.15, 0.2) is 17.6 Å². The average molecular weight is 385 g/mol. The topological polar surface area (TPSA) is 73.9 Å². The van der Waals surface area contributed by atoms with E-state index in [0.717, 1.165) is 18.4 Å². The van der Waals surface area contributed by atoms with Crippen molar-refractivity contribution in [3.05, 3.63) is 59.7 Å². The van der Waals surface area contributed by atoms with E-state index >= 15 is 0 Å². The van der Waals surface area contributed by atoms with Crippen LogP contribution in [0.3, 0.4) is 0 Å². The lowest BCUT2D eigenvalue weighted by Crippen LogP contribution is -2.38. The van der Waals surface area contributed by atoms with Gasteiger partial charge < -0.3 is 19.5 Å².